The molecule has 0 saturated carbocycles. The molecule has 1 atom stereocenters. The van der Waals surface area contributed by atoms with Crippen LogP contribution in [0.1, 0.15) is 19.3 Å². The largest absolute Gasteiger partial charge is 0.478 e. The van der Waals surface area contributed by atoms with Gasteiger partial charge in [-0.15, -0.1) is 0 Å². The van der Waals surface area contributed by atoms with Gasteiger partial charge >= 0.3 is 12.0 Å². The minimum Gasteiger partial charge on any atom is -0.478 e. The van der Waals surface area contributed by atoms with Crippen LogP contribution in [0, 0.1) is 0 Å². The van der Waals surface area contributed by atoms with Gasteiger partial charge in [-0.25, -0.2) is 9.59 Å². The fraction of sp³-hybridized carbons (Fsp3) is 0.545. The maximum absolute atomic E-state index is 11.3. The molecule has 1 saturated heterocycles. The zero-order valence-corrected chi connectivity index (χ0v) is 10.7. The van der Waals surface area contributed by atoms with Gasteiger partial charge in [-0.3, -0.25) is 10.1 Å². The summed E-state index contributed by atoms with van der Waals surface area (Å²) in [6.07, 6.45) is 4.93. The van der Waals surface area contributed by atoms with E-state index >= 15 is 0 Å². The maximum Gasteiger partial charge on any atom is 0.328 e. The van der Waals surface area contributed by atoms with Crippen molar-refractivity contribution >= 4 is 29.7 Å². The Labute approximate surface area is 109 Å². The molecule has 0 bridgehead atoms. The number of carboxylic acids is 1. The number of imide groups is 1. The van der Waals surface area contributed by atoms with Gasteiger partial charge in [-0.2, -0.15) is 11.8 Å². The lowest BCUT2D eigenvalue weighted by molar-refractivity contribution is -0.131. The summed E-state index contributed by atoms with van der Waals surface area (Å²) in [4.78, 5) is 32.5. The number of hydrogen-bond acceptors (Lipinski definition) is 4. The molecular formula is C11H16N2O4S. The fourth-order valence-electron chi connectivity index (χ4n) is 1.52. The number of urea groups is 1. The molecule has 0 aromatic rings. The van der Waals surface area contributed by atoms with Crippen molar-refractivity contribution in [2.75, 3.05) is 12.3 Å². The van der Waals surface area contributed by atoms with Gasteiger partial charge in [0.2, 0.25) is 0 Å². The van der Waals surface area contributed by atoms with E-state index in [1.807, 2.05) is 17.1 Å². The quantitative estimate of drug-likeness (QED) is 0.656. The van der Waals surface area contributed by atoms with Gasteiger partial charge in [-0.1, -0.05) is 6.42 Å². The molecule has 0 aromatic heterocycles. The Morgan fingerprint density at radius 1 is 1.28 bits per heavy atom. The van der Waals surface area contributed by atoms with E-state index in [1.165, 1.54) is 12.8 Å². The zero-order chi connectivity index (χ0) is 13.4. The molecule has 0 aromatic carbocycles. The number of carboxylic acid groups (broad SMARTS) is 1. The zero-order valence-electron chi connectivity index (χ0n) is 9.85. The van der Waals surface area contributed by atoms with Crippen molar-refractivity contribution < 1.29 is 19.5 Å². The lowest BCUT2D eigenvalue weighted by Gasteiger charge is -2.21. The molecule has 3 amide bonds. The van der Waals surface area contributed by atoms with Crippen molar-refractivity contribution in [1.82, 2.24) is 10.6 Å². The SMILES string of the molecule is O=C(O)/C=C/C(=O)NC(=O)NCC1CCCCS1. The van der Waals surface area contributed by atoms with Gasteiger partial charge in [0.05, 0.1) is 0 Å². The van der Waals surface area contributed by atoms with E-state index in [4.69, 9.17) is 5.11 Å². The highest BCUT2D eigenvalue weighted by atomic mass is 32.2. The van der Waals surface area contributed by atoms with Gasteiger partial charge < -0.3 is 10.4 Å². The first-order chi connectivity index (χ1) is 8.58. The van der Waals surface area contributed by atoms with Crippen LogP contribution in [0.3, 0.4) is 0 Å². The van der Waals surface area contributed by atoms with Gasteiger partial charge in [0.1, 0.15) is 0 Å². The number of aliphatic carboxylic acids is 1. The topological polar surface area (TPSA) is 95.5 Å². The fourth-order valence-corrected chi connectivity index (χ4v) is 2.76. The van der Waals surface area contributed by atoms with Crippen LogP contribution in [0.15, 0.2) is 12.2 Å². The van der Waals surface area contributed by atoms with Crippen LogP contribution in [0.5, 0.6) is 0 Å². The second-order valence-electron chi connectivity index (χ2n) is 3.86. The number of carbonyl (C=O) groups is 3. The molecule has 1 aliphatic heterocycles. The first-order valence-corrected chi connectivity index (χ1v) is 6.74. The number of carbonyl (C=O) groups excluding carboxylic acids is 2. The summed E-state index contributed by atoms with van der Waals surface area (Å²) in [5.41, 5.74) is 0. The summed E-state index contributed by atoms with van der Waals surface area (Å²) in [6, 6.07) is -0.596. The normalized spacial score (nSPS) is 19.4. The Morgan fingerprint density at radius 2 is 2.06 bits per heavy atom. The van der Waals surface area contributed by atoms with E-state index in [2.05, 4.69) is 5.32 Å². The Kier molecular flexibility index (Phi) is 6.27. The van der Waals surface area contributed by atoms with E-state index in [-0.39, 0.29) is 0 Å². The molecule has 1 fully saturated rings. The van der Waals surface area contributed by atoms with Gasteiger partial charge in [-0.05, 0) is 18.6 Å². The molecule has 0 radical (unpaired) electrons. The van der Waals surface area contributed by atoms with Crippen LogP contribution in [0.4, 0.5) is 4.79 Å². The maximum atomic E-state index is 11.3. The first kappa shape index (κ1) is 14.6. The van der Waals surface area contributed by atoms with Crippen LogP contribution in [-0.4, -0.2) is 40.6 Å². The summed E-state index contributed by atoms with van der Waals surface area (Å²) in [7, 11) is 0. The highest BCUT2D eigenvalue weighted by Gasteiger charge is 2.15. The summed E-state index contributed by atoms with van der Waals surface area (Å²) >= 11 is 1.82. The molecule has 1 unspecified atom stereocenters. The third-order valence-corrected chi connectivity index (χ3v) is 3.78. The molecule has 1 aliphatic rings. The summed E-state index contributed by atoms with van der Waals surface area (Å²) in [5, 5.41) is 13.3. The van der Waals surface area contributed by atoms with Gasteiger partial charge in [0.15, 0.2) is 0 Å². The molecule has 3 N–H and O–H groups in total. The first-order valence-electron chi connectivity index (χ1n) is 5.69. The summed E-state index contributed by atoms with van der Waals surface area (Å²) in [6.45, 7) is 0.520. The van der Waals surface area contributed by atoms with E-state index in [0.29, 0.717) is 17.9 Å². The number of amides is 3. The average molecular weight is 272 g/mol. The molecule has 1 heterocycles. The standard InChI is InChI=1S/C11H16N2O4S/c14-9(4-5-10(15)16)13-11(17)12-7-8-3-1-2-6-18-8/h4-5,8H,1-3,6-7H2,(H,15,16)(H2,12,13,14,17)/b5-4+. The molecule has 18 heavy (non-hydrogen) atoms. The van der Waals surface area contributed by atoms with Crippen LogP contribution in [0.25, 0.3) is 0 Å². The second kappa shape index (κ2) is 7.75. The number of thioether (sulfide) groups is 1. The van der Waals surface area contributed by atoms with Crippen molar-refractivity contribution in [3.8, 4) is 0 Å². The van der Waals surface area contributed by atoms with Crippen LogP contribution in [-0.2, 0) is 9.59 Å². The minimum absolute atomic E-state index is 0.397. The van der Waals surface area contributed by atoms with Crippen molar-refractivity contribution in [2.45, 2.75) is 24.5 Å². The molecule has 100 valence electrons. The predicted octanol–water partition coefficient (Wildman–Crippen LogP) is 0.739. The van der Waals surface area contributed by atoms with Crippen molar-refractivity contribution in [3.63, 3.8) is 0 Å². The summed E-state index contributed by atoms with van der Waals surface area (Å²) in [5.74, 6) is -0.871. The number of rotatable bonds is 4. The van der Waals surface area contributed by atoms with E-state index in [9.17, 15) is 14.4 Å². The third kappa shape index (κ3) is 6.29. The number of nitrogens with one attached hydrogen (secondary N) is 2. The lowest BCUT2D eigenvalue weighted by Crippen LogP contribution is -2.41. The highest BCUT2D eigenvalue weighted by molar-refractivity contribution is 7.99. The lowest BCUT2D eigenvalue weighted by atomic mass is 10.2. The third-order valence-electron chi connectivity index (χ3n) is 2.38. The molecule has 6 nitrogen and oxygen atoms in total. The Morgan fingerprint density at radius 3 is 2.67 bits per heavy atom. The molecule has 0 aliphatic carbocycles. The van der Waals surface area contributed by atoms with E-state index in [1.54, 1.807) is 0 Å². The smallest absolute Gasteiger partial charge is 0.328 e. The van der Waals surface area contributed by atoms with Gasteiger partial charge in [0, 0.05) is 23.9 Å². The predicted molar refractivity (Wildman–Crippen MR) is 68.4 cm³/mol. The molecule has 1 rings (SSSR count). The van der Waals surface area contributed by atoms with Crippen molar-refractivity contribution in [1.29, 1.82) is 0 Å². The Bertz CT molecular complexity index is 351. The van der Waals surface area contributed by atoms with Crippen LogP contribution in [0.2, 0.25) is 0 Å². The monoisotopic (exact) mass is 272 g/mol. The van der Waals surface area contributed by atoms with Crippen molar-refractivity contribution in [2.24, 2.45) is 0 Å². The molecule has 0 spiro atoms. The Hall–Kier alpha value is -1.50. The van der Waals surface area contributed by atoms with Crippen molar-refractivity contribution in [3.05, 3.63) is 12.2 Å². The highest BCUT2D eigenvalue weighted by Crippen LogP contribution is 2.24. The summed E-state index contributed by atoms with van der Waals surface area (Å²) < 4.78 is 0. The average Bonchev–Trinajstić information content (AvgIpc) is 2.35. The van der Waals surface area contributed by atoms with E-state index < -0.39 is 17.9 Å². The number of hydrogen-bond donors (Lipinski definition) is 3. The second-order valence-corrected chi connectivity index (χ2v) is 5.27. The van der Waals surface area contributed by atoms with E-state index in [0.717, 1.165) is 18.2 Å². The Balaban J connectivity index is 2.20. The molecule has 7 heteroatoms. The molecular weight excluding hydrogens is 256 g/mol. The van der Waals surface area contributed by atoms with Gasteiger partial charge in [0.25, 0.3) is 5.91 Å². The van der Waals surface area contributed by atoms with Crippen LogP contribution < -0.4 is 10.6 Å². The van der Waals surface area contributed by atoms with Crippen LogP contribution >= 0.6 is 11.8 Å². The minimum atomic E-state index is -1.23.